The number of hydrogen-bond acceptors (Lipinski definition) is 5. The van der Waals surface area contributed by atoms with Gasteiger partial charge in [-0.1, -0.05) is 30.3 Å². The summed E-state index contributed by atoms with van der Waals surface area (Å²) >= 11 is 0. The minimum absolute atomic E-state index is 0.140. The lowest BCUT2D eigenvalue weighted by Gasteiger charge is -2.42. The first-order chi connectivity index (χ1) is 13.7. The van der Waals surface area contributed by atoms with Crippen LogP contribution in [0.3, 0.4) is 0 Å². The average molecular weight is 374 g/mol. The van der Waals surface area contributed by atoms with E-state index in [2.05, 4.69) is 15.6 Å². The highest BCUT2D eigenvalue weighted by Crippen LogP contribution is 2.47. The molecule has 3 atom stereocenters. The molecule has 3 aromatic rings. The van der Waals surface area contributed by atoms with E-state index in [-0.39, 0.29) is 17.7 Å². The smallest absolute Gasteiger partial charge is 0.322 e. The predicted octanol–water partition coefficient (Wildman–Crippen LogP) is 3.00. The third kappa shape index (κ3) is 2.47. The van der Waals surface area contributed by atoms with Crippen LogP contribution >= 0.6 is 0 Å². The fourth-order valence-electron chi connectivity index (χ4n) is 4.08. The zero-order valence-electron chi connectivity index (χ0n) is 15.1. The van der Waals surface area contributed by atoms with Gasteiger partial charge >= 0.3 is 6.03 Å². The lowest BCUT2D eigenvalue weighted by atomic mass is 9.76. The summed E-state index contributed by atoms with van der Waals surface area (Å²) in [4.78, 5) is 16.5. The summed E-state index contributed by atoms with van der Waals surface area (Å²) in [6.07, 6.45) is 1.08. The Morgan fingerprint density at radius 2 is 1.96 bits per heavy atom. The lowest BCUT2D eigenvalue weighted by molar-refractivity contribution is 0.101. The Bertz CT molecular complexity index is 1100. The number of benzene rings is 2. The van der Waals surface area contributed by atoms with E-state index in [1.54, 1.807) is 13.3 Å². The highest BCUT2D eigenvalue weighted by molar-refractivity contribution is 6.01. The van der Waals surface area contributed by atoms with Gasteiger partial charge in [-0.3, -0.25) is 15.7 Å². The average Bonchev–Trinajstić information content (AvgIpc) is 2.72. The van der Waals surface area contributed by atoms with Gasteiger partial charge in [0.1, 0.15) is 17.1 Å². The van der Waals surface area contributed by atoms with E-state index < -0.39 is 12.3 Å². The van der Waals surface area contributed by atoms with Gasteiger partial charge in [0.2, 0.25) is 0 Å². The van der Waals surface area contributed by atoms with Crippen LogP contribution in [0.4, 0.5) is 4.79 Å². The number of ether oxygens (including phenoxy) is 2. The molecule has 2 aliphatic heterocycles. The number of nitrogens with zero attached hydrogens (tertiary/aromatic N) is 1. The summed E-state index contributed by atoms with van der Waals surface area (Å²) in [5.74, 6) is 1.00. The van der Waals surface area contributed by atoms with Crippen LogP contribution in [-0.2, 0) is 0 Å². The molecule has 0 spiro atoms. The quantitative estimate of drug-likeness (QED) is 0.642. The largest absolute Gasteiger partial charge is 0.497 e. The molecule has 3 N–H and O–H groups in total. The summed E-state index contributed by atoms with van der Waals surface area (Å²) in [5.41, 5.74) is 2.70. The number of carbonyl (C=O) groups excluding carboxylic acids is 1. The predicted molar refractivity (Wildman–Crippen MR) is 104 cm³/mol. The summed E-state index contributed by atoms with van der Waals surface area (Å²) in [6.45, 7) is 0. The van der Waals surface area contributed by atoms with Crippen molar-refractivity contribution in [2.45, 2.75) is 12.1 Å². The number of rotatable bonds is 2. The molecule has 2 aliphatic rings. The van der Waals surface area contributed by atoms with Crippen LogP contribution in [0.2, 0.25) is 0 Å². The first-order valence-electron chi connectivity index (χ1n) is 9.00. The van der Waals surface area contributed by atoms with Gasteiger partial charge in [-0.25, -0.2) is 4.79 Å². The Morgan fingerprint density at radius 3 is 2.75 bits per heavy atom. The topological polar surface area (TPSA) is 96.3 Å². The summed E-state index contributed by atoms with van der Waals surface area (Å²) in [7, 11) is 1.63. The van der Waals surface area contributed by atoms with E-state index in [9.17, 15) is 4.79 Å². The van der Waals surface area contributed by atoms with E-state index >= 15 is 0 Å². The fraction of sp³-hybridized carbons (Fsp3) is 0.190. The monoisotopic (exact) mass is 374 g/mol. The van der Waals surface area contributed by atoms with E-state index in [4.69, 9.17) is 14.9 Å². The van der Waals surface area contributed by atoms with Crippen molar-refractivity contribution in [3.63, 3.8) is 0 Å². The van der Waals surface area contributed by atoms with Crippen LogP contribution in [0.1, 0.15) is 17.0 Å². The summed E-state index contributed by atoms with van der Waals surface area (Å²) in [6, 6.07) is 15.2. The Morgan fingerprint density at radius 1 is 1.14 bits per heavy atom. The van der Waals surface area contributed by atoms with Gasteiger partial charge in [-0.2, -0.15) is 0 Å². The number of hydrogen-bond donors (Lipinski definition) is 3. The first kappa shape index (κ1) is 16.6. The van der Waals surface area contributed by atoms with Crippen molar-refractivity contribution in [1.29, 1.82) is 5.41 Å². The molecule has 2 amide bonds. The molecule has 2 aromatic carbocycles. The minimum atomic E-state index is -0.645. The molecule has 3 unspecified atom stereocenters. The molecule has 7 nitrogen and oxygen atoms in total. The number of fused-ring (bicyclic) bond motifs is 4. The third-order valence-electron chi connectivity index (χ3n) is 5.35. The van der Waals surface area contributed by atoms with Crippen molar-refractivity contribution >= 4 is 22.8 Å². The van der Waals surface area contributed by atoms with Gasteiger partial charge in [-0.05, 0) is 23.8 Å². The van der Waals surface area contributed by atoms with Gasteiger partial charge in [0, 0.05) is 23.1 Å². The molecule has 0 radical (unpaired) electrons. The van der Waals surface area contributed by atoms with Crippen molar-refractivity contribution < 1.29 is 14.3 Å². The molecule has 1 saturated heterocycles. The van der Waals surface area contributed by atoms with Gasteiger partial charge in [0.05, 0.1) is 13.0 Å². The van der Waals surface area contributed by atoms with Crippen LogP contribution in [-0.4, -0.2) is 30.2 Å². The Kier molecular flexibility index (Phi) is 3.68. The molecule has 0 aliphatic carbocycles. The van der Waals surface area contributed by atoms with Crippen molar-refractivity contribution in [3.8, 4) is 11.5 Å². The molecule has 3 heterocycles. The maximum absolute atomic E-state index is 12.0. The maximum atomic E-state index is 12.0. The Balaban J connectivity index is 1.73. The van der Waals surface area contributed by atoms with E-state index in [1.807, 2.05) is 48.5 Å². The number of methoxy groups -OCH3 is 1. The Labute approximate surface area is 161 Å². The van der Waals surface area contributed by atoms with E-state index in [0.717, 1.165) is 27.8 Å². The molecule has 0 bridgehead atoms. The van der Waals surface area contributed by atoms with Crippen molar-refractivity contribution in [2.24, 2.45) is 5.92 Å². The molecule has 0 saturated carbocycles. The van der Waals surface area contributed by atoms with E-state index in [1.165, 1.54) is 0 Å². The fourth-order valence-corrected chi connectivity index (χ4v) is 4.08. The van der Waals surface area contributed by atoms with Gasteiger partial charge in [0.15, 0.2) is 12.0 Å². The first-order valence-corrected chi connectivity index (χ1v) is 9.00. The second-order valence-electron chi connectivity index (χ2n) is 6.89. The number of pyridine rings is 1. The highest BCUT2D eigenvalue weighted by atomic mass is 16.5. The molecule has 28 heavy (non-hydrogen) atoms. The molecular formula is C21H18N4O3. The van der Waals surface area contributed by atoms with E-state index in [0.29, 0.717) is 5.75 Å². The van der Waals surface area contributed by atoms with Crippen LogP contribution in [0.25, 0.3) is 10.9 Å². The standard InChI is InChI=1S/C21H18N4O3/c1-27-13-7-4-11(5-8-13)15-14-9-6-12-3-2-10-23-17(12)18(14)28-20-16(15)19(22)24-21(26)25-20/h2-10,15-16,20H,1H3,(H3,22,24,25,26). The number of nitrogens with one attached hydrogen (secondary N) is 3. The molecule has 7 heteroatoms. The SMILES string of the molecule is COc1ccc(C2c3ccc4cccnc4c3OC3NC(=O)NC(=N)C32)cc1. The molecule has 5 rings (SSSR count). The van der Waals surface area contributed by atoms with Crippen LogP contribution in [0.15, 0.2) is 54.7 Å². The maximum Gasteiger partial charge on any atom is 0.322 e. The summed E-state index contributed by atoms with van der Waals surface area (Å²) < 4.78 is 11.5. The normalized spacial score (nSPS) is 23.1. The lowest BCUT2D eigenvalue weighted by Crippen LogP contribution is -2.62. The van der Waals surface area contributed by atoms with Crippen molar-refractivity contribution in [3.05, 3.63) is 65.9 Å². The molecule has 1 fully saturated rings. The van der Waals surface area contributed by atoms with Crippen LogP contribution in [0.5, 0.6) is 11.5 Å². The molecule has 1 aromatic heterocycles. The van der Waals surface area contributed by atoms with Gasteiger partial charge in [-0.15, -0.1) is 0 Å². The number of aromatic nitrogens is 1. The van der Waals surface area contributed by atoms with Crippen LogP contribution in [0, 0.1) is 11.3 Å². The second-order valence-corrected chi connectivity index (χ2v) is 6.89. The number of amides is 2. The molecule has 140 valence electrons. The zero-order valence-corrected chi connectivity index (χ0v) is 15.1. The van der Waals surface area contributed by atoms with Crippen LogP contribution < -0.4 is 20.1 Å². The van der Waals surface area contributed by atoms with Gasteiger partial charge < -0.3 is 14.8 Å². The van der Waals surface area contributed by atoms with Gasteiger partial charge in [0.25, 0.3) is 0 Å². The Hall–Kier alpha value is -3.61. The highest BCUT2D eigenvalue weighted by Gasteiger charge is 2.46. The summed E-state index contributed by atoms with van der Waals surface area (Å²) in [5, 5.41) is 14.8. The third-order valence-corrected chi connectivity index (χ3v) is 5.35. The van der Waals surface area contributed by atoms with Crippen molar-refractivity contribution in [1.82, 2.24) is 15.6 Å². The number of amidine groups is 1. The number of urea groups is 1. The second kappa shape index (κ2) is 6.23. The van der Waals surface area contributed by atoms with Crippen molar-refractivity contribution in [2.75, 3.05) is 7.11 Å². The minimum Gasteiger partial charge on any atom is -0.497 e. The zero-order chi connectivity index (χ0) is 19.3. The number of carbonyl (C=O) groups is 1. The molecular weight excluding hydrogens is 356 g/mol.